The Balaban J connectivity index is 1.62. The first kappa shape index (κ1) is 12.6. The molecule has 2 amide bonds. The van der Waals surface area contributed by atoms with E-state index in [0.717, 1.165) is 32.6 Å². The van der Waals surface area contributed by atoms with Gasteiger partial charge in [-0.2, -0.15) is 0 Å². The Morgan fingerprint density at radius 1 is 1.41 bits per heavy atom. The highest BCUT2D eigenvalue weighted by Gasteiger charge is 2.19. The van der Waals surface area contributed by atoms with Crippen LogP contribution < -0.4 is 16.0 Å². The summed E-state index contributed by atoms with van der Waals surface area (Å²) in [4.78, 5) is 14.0. The van der Waals surface area contributed by atoms with Crippen LogP contribution in [0.2, 0.25) is 0 Å². The van der Waals surface area contributed by atoms with Crippen LogP contribution in [0, 0.1) is 0 Å². The van der Waals surface area contributed by atoms with Crippen LogP contribution in [-0.2, 0) is 0 Å². The largest absolute Gasteiger partial charge is 0.337 e. The first-order valence-corrected chi connectivity index (χ1v) is 6.70. The van der Waals surface area contributed by atoms with Gasteiger partial charge in [0.2, 0.25) is 0 Å². The lowest BCUT2D eigenvalue weighted by atomic mass is 10.1. The van der Waals surface area contributed by atoms with Crippen LogP contribution >= 0.6 is 0 Å². The molecule has 2 unspecified atom stereocenters. The second-order valence-electron chi connectivity index (χ2n) is 5.25. The van der Waals surface area contributed by atoms with Gasteiger partial charge in [0.25, 0.3) is 0 Å². The fourth-order valence-corrected chi connectivity index (χ4v) is 2.67. The standard InChI is InChI=1S/C12H24N4O/c1-16-7-3-5-11(9-16)15-12(17)14-8-10-4-2-6-13-10/h10-11,13H,2-9H2,1H3,(H2,14,15,17). The number of nitrogens with one attached hydrogen (secondary N) is 3. The molecule has 0 bridgehead atoms. The zero-order chi connectivity index (χ0) is 12.1. The van der Waals surface area contributed by atoms with Gasteiger partial charge in [0.15, 0.2) is 0 Å². The van der Waals surface area contributed by atoms with E-state index in [4.69, 9.17) is 0 Å². The summed E-state index contributed by atoms with van der Waals surface area (Å²) in [6.45, 7) is 3.94. The van der Waals surface area contributed by atoms with E-state index in [1.807, 2.05) is 0 Å². The molecule has 3 N–H and O–H groups in total. The second kappa shape index (κ2) is 6.21. The van der Waals surface area contributed by atoms with Gasteiger partial charge in [-0.3, -0.25) is 0 Å². The molecule has 2 saturated heterocycles. The minimum absolute atomic E-state index is 0.0148. The monoisotopic (exact) mass is 240 g/mol. The zero-order valence-electron chi connectivity index (χ0n) is 10.7. The molecule has 17 heavy (non-hydrogen) atoms. The topological polar surface area (TPSA) is 56.4 Å². The molecule has 2 fully saturated rings. The lowest BCUT2D eigenvalue weighted by Gasteiger charge is -2.30. The van der Waals surface area contributed by atoms with Gasteiger partial charge in [-0.25, -0.2) is 4.79 Å². The van der Waals surface area contributed by atoms with Gasteiger partial charge < -0.3 is 20.9 Å². The van der Waals surface area contributed by atoms with E-state index in [-0.39, 0.29) is 6.03 Å². The minimum atomic E-state index is -0.0148. The predicted octanol–water partition coefficient (Wildman–Crippen LogP) is 0.132. The van der Waals surface area contributed by atoms with Crippen LogP contribution in [0.4, 0.5) is 4.79 Å². The van der Waals surface area contributed by atoms with Crippen LogP contribution in [0.3, 0.4) is 0 Å². The van der Waals surface area contributed by atoms with Crippen molar-refractivity contribution in [1.82, 2.24) is 20.9 Å². The summed E-state index contributed by atoms with van der Waals surface area (Å²) in [6.07, 6.45) is 4.67. The lowest BCUT2D eigenvalue weighted by Crippen LogP contribution is -2.51. The number of carbonyl (C=O) groups excluding carboxylic acids is 1. The zero-order valence-corrected chi connectivity index (χ0v) is 10.7. The summed E-state index contributed by atoms with van der Waals surface area (Å²) in [5.41, 5.74) is 0. The third-order valence-electron chi connectivity index (χ3n) is 3.63. The highest BCUT2D eigenvalue weighted by atomic mass is 16.2. The fraction of sp³-hybridized carbons (Fsp3) is 0.917. The average Bonchev–Trinajstić information content (AvgIpc) is 2.79. The molecule has 5 nitrogen and oxygen atoms in total. The average molecular weight is 240 g/mol. The Morgan fingerprint density at radius 3 is 3.00 bits per heavy atom. The molecule has 0 aromatic rings. The molecule has 2 aliphatic heterocycles. The van der Waals surface area contributed by atoms with Crippen LogP contribution in [0.5, 0.6) is 0 Å². The van der Waals surface area contributed by atoms with Crippen molar-refractivity contribution in [2.24, 2.45) is 0 Å². The predicted molar refractivity (Wildman–Crippen MR) is 68.1 cm³/mol. The third kappa shape index (κ3) is 4.16. The molecule has 0 radical (unpaired) electrons. The quantitative estimate of drug-likeness (QED) is 0.657. The molecule has 2 rings (SSSR count). The van der Waals surface area contributed by atoms with Crippen molar-refractivity contribution in [3.8, 4) is 0 Å². The van der Waals surface area contributed by atoms with E-state index < -0.39 is 0 Å². The Morgan fingerprint density at radius 2 is 2.29 bits per heavy atom. The van der Waals surface area contributed by atoms with Gasteiger partial charge in [-0.05, 0) is 45.8 Å². The molecular formula is C12H24N4O. The van der Waals surface area contributed by atoms with E-state index in [0.29, 0.717) is 12.1 Å². The maximum atomic E-state index is 11.7. The number of amides is 2. The van der Waals surface area contributed by atoms with Crippen molar-refractivity contribution in [2.75, 3.05) is 33.2 Å². The molecule has 0 aromatic heterocycles. The van der Waals surface area contributed by atoms with Crippen molar-refractivity contribution >= 4 is 6.03 Å². The van der Waals surface area contributed by atoms with Crippen molar-refractivity contribution < 1.29 is 4.79 Å². The molecule has 2 aliphatic rings. The molecule has 0 aromatic carbocycles. The summed E-state index contributed by atoms with van der Waals surface area (Å²) in [5.74, 6) is 0. The molecule has 2 heterocycles. The Kier molecular flexibility index (Phi) is 4.62. The maximum absolute atomic E-state index is 11.7. The van der Waals surface area contributed by atoms with E-state index in [2.05, 4.69) is 27.9 Å². The Hall–Kier alpha value is -0.810. The number of likely N-dealkylation sites (N-methyl/N-ethyl adjacent to an activating group) is 1. The molecule has 5 heteroatoms. The highest BCUT2D eigenvalue weighted by molar-refractivity contribution is 5.74. The second-order valence-corrected chi connectivity index (χ2v) is 5.25. The smallest absolute Gasteiger partial charge is 0.315 e. The summed E-state index contributed by atoms with van der Waals surface area (Å²) in [5, 5.41) is 9.38. The molecule has 0 aliphatic carbocycles. The van der Waals surface area contributed by atoms with Crippen molar-refractivity contribution in [1.29, 1.82) is 0 Å². The van der Waals surface area contributed by atoms with Gasteiger partial charge in [0.1, 0.15) is 0 Å². The van der Waals surface area contributed by atoms with Crippen LogP contribution in [0.1, 0.15) is 25.7 Å². The van der Waals surface area contributed by atoms with Gasteiger partial charge >= 0.3 is 6.03 Å². The summed E-state index contributed by atoms with van der Waals surface area (Å²) in [6, 6.07) is 0.763. The van der Waals surface area contributed by atoms with Crippen LogP contribution in [0.15, 0.2) is 0 Å². The molecule has 0 saturated carbocycles. The van der Waals surface area contributed by atoms with Crippen LogP contribution in [-0.4, -0.2) is 56.2 Å². The molecular weight excluding hydrogens is 216 g/mol. The van der Waals surface area contributed by atoms with Gasteiger partial charge in [-0.15, -0.1) is 0 Å². The summed E-state index contributed by atoms with van der Waals surface area (Å²) < 4.78 is 0. The van der Waals surface area contributed by atoms with Crippen molar-refractivity contribution in [3.63, 3.8) is 0 Å². The number of carbonyl (C=O) groups is 1. The van der Waals surface area contributed by atoms with Gasteiger partial charge in [0.05, 0.1) is 0 Å². The number of urea groups is 1. The Bertz CT molecular complexity index is 253. The van der Waals surface area contributed by atoms with E-state index in [1.165, 1.54) is 19.3 Å². The van der Waals surface area contributed by atoms with E-state index in [1.54, 1.807) is 0 Å². The maximum Gasteiger partial charge on any atom is 0.315 e. The molecule has 2 atom stereocenters. The van der Waals surface area contributed by atoms with E-state index in [9.17, 15) is 4.79 Å². The summed E-state index contributed by atoms with van der Waals surface area (Å²) >= 11 is 0. The number of nitrogens with zero attached hydrogens (tertiary/aromatic N) is 1. The van der Waals surface area contributed by atoms with E-state index >= 15 is 0 Å². The normalized spacial score (nSPS) is 30.2. The third-order valence-corrected chi connectivity index (χ3v) is 3.63. The minimum Gasteiger partial charge on any atom is -0.337 e. The number of piperidine rings is 1. The van der Waals surface area contributed by atoms with Gasteiger partial charge in [-0.1, -0.05) is 0 Å². The first-order valence-electron chi connectivity index (χ1n) is 6.70. The number of likely N-dealkylation sites (tertiary alicyclic amines) is 1. The highest BCUT2D eigenvalue weighted by Crippen LogP contribution is 2.07. The number of rotatable bonds is 3. The summed E-state index contributed by atoms with van der Waals surface area (Å²) in [7, 11) is 2.11. The van der Waals surface area contributed by atoms with Crippen molar-refractivity contribution in [3.05, 3.63) is 0 Å². The molecule has 0 spiro atoms. The van der Waals surface area contributed by atoms with Crippen LogP contribution in [0.25, 0.3) is 0 Å². The molecule has 98 valence electrons. The SMILES string of the molecule is CN1CCCC(NC(=O)NCC2CCCN2)C1. The van der Waals surface area contributed by atoms with Crippen molar-refractivity contribution in [2.45, 2.75) is 37.8 Å². The lowest BCUT2D eigenvalue weighted by molar-refractivity contribution is 0.209. The van der Waals surface area contributed by atoms with Gasteiger partial charge in [0, 0.05) is 25.2 Å². The Labute approximate surface area is 103 Å². The first-order chi connectivity index (χ1) is 8.24. The fourth-order valence-electron chi connectivity index (χ4n) is 2.67. The number of hydrogen-bond acceptors (Lipinski definition) is 3. The number of hydrogen-bond donors (Lipinski definition) is 3.